The van der Waals surface area contributed by atoms with Crippen LogP contribution in [-0.4, -0.2) is 44.1 Å². The number of para-hydroxylation sites is 1. The summed E-state index contributed by atoms with van der Waals surface area (Å²) in [6.45, 7) is 4.86. The van der Waals surface area contributed by atoms with Crippen LogP contribution in [-0.2, 0) is 4.79 Å². The van der Waals surface area contributed by atoms with E-state index in [1.54, 1.807) is 31.6 Å². The molecule has 4 aromatic rings. The van der Waals surface area contributed by atoms with Gasteiger partial charge in [0.15, 0.2) is 0 Å². The van der Waals surface area contributed by atoms with Crippen LogP contribution in [0.5, 0.6) is 5.75 Å². The molecular weight excluding hydrogens is 443 g/mol. The van der Waals surface area contributed by atoms with Crippen molar-refractivity contribution in [3.63, 3.8) is 0 Å². The van der Waals surface area contributed by atoms with Gasteiger partial charge < -0.3 is 19.0 Å². The molecule has 2 heterocycles. The number of amides is 1. The fraction of sp³-hybridized carbons (Fsp3) is 0.207. The van der Waals surface area contributed by atoms with Crippen molar-refractivity contribution in [2.24, 2.45) is 0 Å². The topological polar surface area (TPSA) is 45.9 Å². The van der Waals surface area contributed by atoms with Crippen molar-refractivity contribution in [3.8, 4) is 16.9 Å². The van der Waals surface area contributed by atoms with Gasteiger partial charge in [-0.15, -0.1) is 0 Å². The highest BCUT2D eigenvalue weighted by Crippen LogP contribution is 2.37. The summed E-state index contributed by atoms with van der Waals surface area (Å²) in [6, 6.07) is 20.4. The molecule has 0 atom stereocenters. The van der Waals surface area contributed by atoms with Crippen LogP contribution in [0.25, 0.3) is 27.7 Å². The van der Waals surface area contributed by atoms with Gasteiger partial charge in [-0.05, 0) is 48.4 Å². The van der Waals surface area contributed by atoms with E-state index in [4.69, 9.17) is 9.15 Å². The fourth-order valence-electron chi connectivity index (χ4n) is 4.56. The van der Waals surface area contributed by atoms with Crippen molar-refractivity contribution >= 4 is 28.1 Å². The van der Waals surface area contributed by atoms with E-state index < -0.39 is 0 Å². The van der Waals surface area contributed by atoms with E-state index in [9.17, 15) is 9.18 Å². The summed E-state index contributed by atoms with van der Waals surface area (Å²) < 4.78 is 24.8. The SMILES string of the molecule is COc1cc2occ(-c3ccc(F)cc3)c2cc1/C(C)=C/C(=O)N1CCN(c2ccccc2)CC1. The number of methoxy groups -OCH3 is 1. The zero-order valence-corrected chi connectivity index (χ0v) is 19.8. The van der Waals surface area contributed by atoms with Crippen LogP contribution in [0.1, 0.15) is 12.5 Å². The molecule has 5 rings (SSSR count). The summed E-state index contributed by atoms with van der Waals surface area (Å²) in [5.74, 6) is 0.335. The second-order valence-corrected chi connectivity index (χ2v) is 8.68. The predicted octanol–water partition coefficient (Wildman–Crippen LogP) is 6.00. The highest BCUT2D eigenvalue weighted by atomic mass is 19.1. The van der Waals surface area contributed by atoms with Gasteiger partial charge in [0.25, 0.3) is 0 Å². The number of carbonyl (C=O) groups excluding carboxylic acids is 1. The van der Waals surface area contributed by atoms with Crippen LogP contribution in [0.4, 0.5) is 10.1 Å². The molecule has 0 N–H and O–H groups in total. The van der Waals surface area contributed by atoms with Crippen molar-refractivity contribution in [1.29, 1.82) is 0 Å². The average molecular weight is 471 g/mol. The fourth-order valence-corrected chi connectivity index (χ4v) is 4.56. The Morgan fingerprint density at radius 3 is 2.40 bits per heavy atom. The van der Waals surface area contributed by atoms with E-state index in [1.807, 2.05) is 42.2 Å². The first kappa shape index (κ1) is 22.7. The number of piperazine rings is 1. The molecule has 5 nitrogen and oxygen atoms in total. The third-order valence-electron chi connectivity index (χ3n) is 6.53. The molecule has 0 radical (unpaired) electrons. The number of anilines is 1. The molecule has 1 saturated heterocycles. The number of allylic oxidation sites excluding steroid dienone is 1. The molecule has 1 aliphatic rings. The third-order valence-corrected chi connectivity index (χ3v) is 6.53. The number of nitrogens with zero attached hydrogens (tertiary/aromatic N) is 2. The van der Waals surface area contributed by atoms with Gasteiger partial charge in [-0.1, -0.05) is 30.3 Å². The van der Waals surface area contributed by atoms with Crippen LogP contribution in [0.15, 0.2) is 83.5 Å². The van der Waals surface area contributed by atoms with Crippen LogP contribution < -0.4 is 9.64 Å². The van der Waals surface area contributed by atoms with E-state index in [-0.39, 0.29) is 11.7 Å². The Kier molecular flexibility index (Phi) is 6.27. The molecular formula is C29H27FN2O3. The van der Waals surface area contributed by atoms with Gasteiger partial charge in [0.05, 0.1) is 13.4 Å². The lowest BCUT2D eigenvalue weighted by atomic mass is 9.99. The maximum Gasteiger partial charge on any atom is 0.246 e. The lowest BCUT2D eigenvalue weighted by Crippen LogP contribution is -2.48. The Hall–Kier alpha value is -4.06. The molecule has 0 aliphatic carbocycles. The number of benzene rings is 3. The lowest BCUT2D eigenvalue weighted by molar-refractivity contribution is -0.126. The molecule has 178 valence electrons. The molecule has 0 spiro atoms. The molecule has 1 amide bonds. The maximum atomic E-state index is 13.4. The monoisotopic (exact) mass is 470 g/mol. The quantitative estimate of drug-likeness (QED) is 0.336. The van der Waals surface area contributed by atoms with Crippen LogP contribution in [0.3, 0.4) is 0 Å². The maximum absolute atomic E-state index is 13.4. The largest absolute Gasteiger partial charge is 0.496 e. The van der Waals surface area contributed by atoms with Crippen molar-refractivity contribution in [2.45, 2.75) is 6.92 Å². The van der Waals surface area contributed by atoms with Gasteiger partial charge in [-0.3, -0.25) is 4.79 Å². The predicted molar refractivity (Wildman–Crippen MR) is 137 cm³/mol. The Morgan fingerprint density at radius 1 is 1.00 bits per heavy atom. The molecule has 3 aromatic carbocycles. The van der Waals surface area contributed by atoms with Crippen molar-refractivity contribution < 1.29 is 18.3 Å². The summed E-state index contributed by atoms with van der Waals surface area (Å²) in [7, 11) is 1.60. The smallest absolute Gasteiger partial charge is 0.246 e. The summed E-state index contributed by atoms with van der Waals surface area (Å²) in [6.07, 6.45) is 3.34. The number of rotatable bonds is 5. The number of hydrogen-bond acceptors (Lipinski definition) is 4. The highest BCUT2D eigenvalue weighted by molar-refractivity contribution is 6.00. The Labute approximate surface area is 204 Å². The zero-order valence-electron chi connectivity index (χ0n) is 19.8. The summed E-state index contributed by atoms with van der Waals surface area (Å²) >= 11 is 0. The Bertz CT molecular complexity index is 1370. The lowest BCUT2D eigenvalue weighted by Gasteiger charge is -2.35. The molecule has 6 heteroatoms. The standard InChI is InChI=1S/C29H27FN2O3/c1-20(16-29(33)32-14-12-31(13-15-32)23-6-4-3-5-7-23)24-17-25-26(21-8-10-22(30)11-9-21)19-35-28(25)18-27(24)34-2/h3-11,16-19H,12-15H2,1-2H3/b20-16+. The van der Waals surface area contributed by atoms with Gasteiger partial charge in [-0.2, -0.15) is 0 Å². The van der Waals surface area contributed by atoms with Gasteiger partial charge in [0, 0.05) is 60.5 Å². The van der Waals surface area contributed by atoms with Gasteiger partial charge in [0.1, 0.15) is 17.1 Å². The van der Waals surface area contributed by atoms with Gasteiger partial charge >= 0.3 is 0 Å². The minimum Gasteiger partial charge on any atom is -0.496 e. The zero-order chi connectivity index (χ0) is 24.4. The molecule has 0 unspecified atom stereocenters. The minimum atomic E-state index is -0.286. The number of furan rings is 1. The summed E-state index contributed by atoms with van der Waals surface area (Å²) in [4.78, 5) is 17.3. The summed E-state index contributed by atoms with van der Waals surface area (Å²) in [5.41, 5.74) is 5.20. The first-order chi connectivity index (χ1) is 17.0. The van der Waals surface area contributed by atoms with E-state index in [0.29, 0.717) is 24.4 Å². The van der Waals surface area contributed by atoms with E-state index in [0.717, 1.165) is 40.7 Å². The number of ether oxygens (including phenoxy) is 1. The van der Waals surface area contributed by atoms with Crippen molar-refractivity contribution in [3.05, 3.63) is 90.4 Å². The molecule has 1 aromatic heterocycles. The van der Waals surface area contributed by atoms with Crippen LogP contribution in [0.2, 0.25) is 0 Å². The molecule has 0 bridgehead atoms. The number of halogens is 1. The first-order valence-corrected chi connectivity index (χ1v) is 11.7. The first-order valence-electron chi connectivity index (χ1n) is 11.7. The van der Waals surface area contributed by atoms with Crippen molar-refractivity contribution in [2.75, 3.05) is 38.2 Å². The van der Waals surface area contributed by atoms with Gasteiger partial charge in [-0.25, -0.2) is 4.39 Å². The Morgan fingerprint density at radius 2 is 1.71 bits per heavy atom. The average Bonchev–Trinajstić information content (AvgIpc) is 3.31. The second kappa shape index (κ2) is 9.66. The van der Waals surface area contributed by atoms with Crippen molar-refractivity contribution in [1.82, 2.24) is 4.90 Å². The molecule has 0 saturated carbocycles. The Balaban J connectivity index is 1.39. The van der Waals surface area contributed by atoms with Crippen LogP contribution >= 0.6 is 0 Å². The number of hydrogen-bond donors (Lipinski definition) is 0. The highest BCUT2D eigenvalue weighted by Gasteiger charge is 2.21. The minimum absolute atomic E-state index is 0.0108. The third kappa shape index (κ3) is 4.64. The second-order valence-electron chi connectivity index (χ2n) is 8.68. The normalized spacial score (nSPS) is 14.4. The molecule has 1 fully saturated rings. The van der Waals surface area contributed by atoms with Gasteiger partial charge in [0.2, 0.25) is 5.91 Å². The number of fused-ring (bicyclic) bond motifs is 1. The van der Waals surface area contributed by atoms with Crippen LogP contribution in [0, 0.1) is 5.82 Å². The molecule has 1 aliphatic heterocycles. The van der Waals surface area contributed by atoms with E-state index in [2.05, 4.69) is 17.0 Å². The molecule has 35 heavy (non-hydrogen) atoms. The van der Waals surface area contributed by atoms with E-state index in [1.165, 1.54) is 17.8 Å². The van der Waals surface area contributed by atoms with E-state index >= 15 is 0 Å². The number of carbonyl (C=O) groups is 1. The summed E-state index contributed by atoms with van der Waals surface area (Å²) in [5, 5.41) is 0.879.